The maximum atomic E-state index is 5.84. The van der Waals surface area contributed by atoms with Gasteiger partial charge in [0.25, 0.3) is 0 Å². The van der Waals surface area contributed by atoms with Gasteiger partial charge in [0, 0.05) is 28.8 Å². The number of anilines is 1. The molecule has 17 heavy (non-hydrogen) atoms. The first-order valence-corrected chi connectivity index (χ1v) is 6.67. The van der Waals surface area contributed by atoms with E-state index in [1.54, 1.807) is 4.68 Å². The van der Waals surface area contributed by atoms with Crippen LogP contribution in [0.5, 0.6) is 0 Å². The number of thioether (sulfide) groups is 1. The van der Waals surface area contributed by atoms with Crippen LogP contribution >= 0.6 is 11.8 Å². The zero-order chi connectivity index (χ0) is 11.8. The molecule has 0 spiro atoms. The summed E-state index contributed by atoms with van der Waals surface area (Å²) in [5.74, 6) is 0.700. The van der Waals surface area contributed by atoms with Crippen LogP contribution in [0.4, 0.5) is 5.82 Å². The van der Waals surface area contributed by atoms with E-state index >= 15 is 0 Å². The van der Waals surface area contributed by atoms with Gasteiger partial charge in [-0.1, -0.05) is 18.2 Å². The Morgan fingerprint density at radius 2 is 2.12 bits per heavy atom. The molecular formula is C13H15N3S. The molecule has 88 valence electrons. The predicted octanol–water partition coefficient (Wildman–Crippen LogP) is 2.92. The van der Waals surface area contributed by atoms with Gasteiger partial charge in [0.15, 0.2) is 0 Å². The molecule has 0 aliphatic heterocycles. The molecule has 0 bridgehead atoms. The average Bonchev–Trinajstić information content (AvgIpc) is 3.06. The number of nitrogen functional groups attached to an aromatic ring is 1. The van der Waals surface area contributed by atoms with Crippen molar-refractivity contribution in [3.8, 4) is 11.3 Å². The van der Waals surface area contributed by atoms with Gasteiger partial charge in [-0.3, -0.25) is 4.68 Å². The molecule has 2 aromatic rings. The lowest BCUT2D eigenvalue weighted by Gasteiger charge is -2.05. The summed E-state index contributed by atoms with van der Waals surface area (Å²) in [4.78, 5) is 1.31. The predicted molar refractivity (Wildman–Crippen MR) is 71.9 cm³/mol. The molecule has 1 aromatic carbocycles. The van der Waals surface area contributed by atoms with Crippen LogP contribution in [0.25, 0.3) is 11.3 Å². The molecule has 3 rings (SSSR count). The molecule has 0 saturated heterocycles. The first-order chi connectivity index (χ1) is 8.24. The Labute approximate surface area is 105 Å². The van der Waals surface area contributed by atoms with E-state index < -0.39 is 0 Å². The van der Waals surface area contributed by atoms with Gasteiger partial charge in [-0.15, -0.1) is 11.8 Å². The fourth-order valence-corrected chi connectivity index (χ4v) is 2.95. The summed E-state index contributed by atoms with van der Waals surface area (Å²) in [6.07, 6.45) is 2.67. The second-order valence-corrected chi connectivity index (χ2v) is 5.73. The lowest BCUT2D eigenvalue weighted by molar-refractivity contribution is 0.782. The van der Waals surface area contributed by atoms with Crippen LogP contribution in [0.3, 0.4) is 0 Å². The van der Waals surface area contributed by atoms with Gasteiger partial charge >= 0.3 is 0 Å². The highest BCUT2D eigenvalue weighted by atomic mass is 32.2. The maximum absolute atomic E-state index is 5.84. The Hall–Kier alpha value is -1.42. The minimum atomic E-state index is 0.700. The largest absolute Gasteiger partial charge is 0.384 e. The second kappa shape index (κ2) is 4.11. The molecule has 0 atom stereocenters. The van der Waals surface area contributed by atoms with Crippen LogP contribution in [0, 0.1) is 0 Å². The first-order valence-electron chi connectivity index (χ1n) is 5.79. The summed E-state index contributed by atoms with van der Waals surface area (Å²) in [6, 6.07) is 10.4. The molecule has 4 heteroatoms. The molecule has 1 aliphatic carbocycles. The lowest BCUT2D eigenvalue weighted by atomic mass is 10.1. The van der Waals surface area contributed by atoms with Crippen LogP contribution in [0.15, 0.2) is 35.2 Å². The molecular weight excluding hydrogens is 230 g/mol. The van der Waals surface area contributed by atoms with Crippen molar-refractivity contribution in [2.24, 2.45) is 7.05 Å². The third-order valence-corrected chi connectivity index (χ3v) is 4.31. The number of hydrogen-bond donors (Lipinski definition) is 1. The van der Waals surface area contributed by atoms with E-state index in [2.05, 4.69) is 29.4 Å². The minimum absolute atomic E-state index is 0.700. The molecule has 0 amide bonds. The zero-order valence-electron chi connectivity index (χ0n) is 9.76. The number of nitrogens with two attached hydrogens (primary N) is 1. The standard InChI is InChI=1S/C13H15N3S/c1-16-13(14)8-11(15-16)10-4-2-3-5-12(10)17-9-6-7-9/h2-5,8-9H,6-7,14H2,1H3. The van der Waals surface area contributed by atoms with Gasteiger partial charge < -0.3 is 5.73 Å². The summed E-state index contributed by atoms with van der Waals surface area (Å²) < 4.78 is 1.72. The molecule has 1 heterocycles. The van der Waals surface area contributed by atoms with Crippen molar-refractivity contribution in [1.82, 2.24) is 9.78 Å². The Morgan fingerprint density at radius 1 is 1.35 bits per heavy atom. The highest BCUT2D eigenvalue weighted by Gasteiger charge is 2.24. The monoisotopic (exact) mass is 245 g/mol. The van der Waals surface area contributed by atoms with Crippen molar-refractivity contribution < 1.29 is 0 Å². The lowest BCUT2D eigenvalue weighted by Crippen LogP contribution is -1.96. The molecule has 0 unspecified atom stereocenters. The van der Waals surface area contributed by atoms with Crippen LogP contribution in [0.1, 0.15) is 12.8 Å². The maximum Gasteiger partial charge on any atom is 0.121 e. The molecule has 1 aliphatic rings. The van der Waals surface area contributed by atoms with Gasteiger partial charge in [-0.2, -0.15) is 5.10 Å². The molecule has 1 aromatic heterocycles. The number of aromatic nitrogens is 2. The number of aryl methyl sites for hydroxylation is 1. The van der Waals surface area contributed by atoms with E-state index in [1.807, 2.05) is 24.9 Å². The number of nitrogens with zero attached hydrogens (tertiary/aromatic N) is 2. The van der Waals surface area contributed by atoms with Crippen molar-refractivity contribution in [3.63, 3.8) is 0 Å². The van der Waals surface area contributed by atoms with E-state index in [9.17, 15) is 0 Å². The molecule has 0 radical (unpaired) electrons. The zero-order valence-corrected chi connectivity index (χ0v) is 10.6. The van der Waals surface area contributed by atoms with E-state index in [-0.39, 0.29) is 0 Å². The van der Waals surface area contributed by atoms with Crippen LogP contribution in [0.2, 0.25) is 0 Å². The van der Waals surface area contributed by atoms with Crippen molar-refractivity contribution in [3.05, 3.63) is 30.3 Å². The van der Waals surface area contributed by atoms with Gasteiger partial charge in [-0.25, -0.2) is 0 Å². The van der Waals surface area contributed by atoms with Crippen LogP contribution in [-0.2, 0) is 7.05 Å². The third kappa shape index (κ3) is 2.17. The van der Waals surface area contributed by atoms with E-state index in [0.29, 0.717) is 5.82 Å². The normalized spacial score (nSPS) is 15.1. The smallest absolute Gasteiger partial charge is 0.121 e. The highest BCUT2D eigenvalue weighted by molar-refractivity contribution is 8.00. The van der Waals surface area contributed by atoms with Gasteiger partial charge in [0.2, 0.25) is 0 Å². The Kier molecular flexibility index (Phi) is 2.59. The summed E-state index contributed by atoms with van der Waals surface area (Å²) in [7, 11) is 1.87. The number of rotatable bonds is 3. The van der Waals surface area contributed by atoms with Crippen molar-refractivity contribution in [1.29, 1.82) is 0 Å². The van der Waals surface area contributed by atoms with Gasteiger partial charge in [-0.05, 0) is 18.9 Å². The number of hydrogen-bond acceptors (Lipinski definition) is 3. The fraction of sp³-hybridized carbons (Fsp3) is 0.308. The Balaban J connectivity index is 2.00. The Bertz CT molecular complexity index is 524. The van der Waals surface area contributed by atoms with Crippen molar-refractivity contribution in [2.75, 3.05) is 5.73 Å². The average molecular weight is 245 g/mol. The summed E-state index contributed by atoms with van der Waals surface area (Å²) in [5, 5.41) is 5.25. The van der Waals surface area contributed by atoms with Gasteiger partial charge in [0.05, 0.1) is 5.69 Å². The van der Waals surface area contributed by atoms with Crippen LogP contribution < -0.4 is 5.73 Å². The summed E-state index contributed by atoms with van der Waals surface area (Å²) in [5.41, 5.74) is 7.99. The molecule has 1 fully saturated rings. The fourth-order valence-electron chi connectivity index (χ4n) is 1.76. The minimum Gasteiger partial charge on any atom is -0.384 e. The summed E-state index contributed by atoms with van der Waals surface area (Å²) >= 11 is 1.96. The van der Waals surface area contributed by atoms with Crippen molar-refractivity contribution in [2.45, 2.75) is 23.0 Å². The van der Waals surface area contributed by atoms with Crippen molar-refractivity contribution >= 4 is 17.6 Å². The van der Waals surface area contributed by atoms with E-state index in [1.165, 1.54) is 23.3 Å². The Morgan fingerprint density at radius 3 is 2.76 bits per heavy atom. The molecule has 3 nitrogen and oxygen atoms in total. The van der Waals surface area contributed by atoms with E-state index in [0.717, 1.165) is 10.9 Å². The summed E-state index contributed by atoms with van der Waals surface area (Å²) in [6.45, 7) is 0. The van der Waals surface area contributed by atoms with Crippen LogP contribution in [-0.4, -0.2) is 15.0 Å². The van der Waals surface area contributed by atoms with Gasteiger partial charge in [0.1, 0.15) is 5.82 Å². The first kappa shape index (κ1) is 10.7. The quantitative estimate of drug-likeness (QED) is 0.904. The SMILES string of the molecule is Cn1nc(-c2ccccc2SC2CC2)cc1N. The highest BCUT2D eigenvalue weighted by Crippen LogP contribution is 2.42. The second-order valence-electron chi connectivity index (χ2n) is 4.39. The van der Waals surface area contributed by atoms with E-state index in [4.69, 9.17) is 5.73 Å². The molecule has 2 N–H and O–H groups in total. The third-order valence-electron chi connectivity index (χ3n) is 2.90. The number of benzene rings is 1. The molecule has 1 saturated carbocycles. The topological polar surface area (TPSA) is 43.8 Å².